The van der Waals surface area contributed by atoms with Crippen molar-refractivity contribution < 1.29 is 14.6 Å². The van der Waals surface area contributed by atoms with Crippen LogP contribution in [0.5, 0.6) is 0 Å². The molecule has 6 rings (SSSR count). The van der Waals surface area contributed by atoms with Crippen LogP contribution in [0.2, 0.25) is 0 Å². The third-order valence-corrected chi connectivity index (χ3v) is 11.7. The molecule has 36 heavy (non-hydrogen) atoms. The number of ether oxygens (including phenoxy) is 2. The fourth-order valence-electron chi connectivity index (χ4n) is 9.77. The lowest BCUT2D eigenvalue weighted by molar-refractivity contribution is -0.219. The maximum Gasteiger partial charge on any atom is 0.169 e. The first-order chi connectivity index (χ1) is 17.2. The van der Waals surface area contributed by atoms with Gasteiger partial charge in [-0.1, -0.05) is 25.7 Å². The van der Waals surface area contributed by atoms with Crippen molar-refractivity contribution in [2.45, 2.75) is 89.9 Å². The average molecular weight is 488 g/mol. The van der Waals surface area contributed by atoms with Crippen LogP contribution in [0.15, 0.2) is 24.3 Å². The van der Waals surface area contributed by atoms with E-state index in [4.69, 9.17) is 14.7 Å². The molecule has 8 atom stereocenters. The van der Waals surface area contributed by atoms with Crippen molar-refractivity contribution >= 4 is 0 Å². The molecule has 4 nitrogen and oxygen atoms in total. The van der Waals surface area contributed by atoms with Crippen LogP contribution in [0.25, 0.3) is 0 Å². The first-order valence-electron chi connectivity index (χ1n) is 14.2. The van der Waals surface area contributed by atoms with Gasteiger partial charge in [-0.2, -0.15) is 5.26 Å². The maximum atomic E-state index is 11.5. The van der Waals surface area contributed by atoms with Gasteiger partial charge in [0, 0.05) is 11.5 Å². The summed E-state index contributed by atoms with van der Waals surface area (Å²) in [6.45, 7) is 8.76. The number of nitriles is 1. The highest BCUT2D eigenvalue weighted by Crippen LogP contribution is 2.69. The summed E-state index contributed by atoms with van der Waals surface area (Å²) in [5, 5.41) is 20.5. The summed E-state index contributed by atoms with van der Waals surface area (Å²) in [6.07, 6.45) is 10.2. The molecule has 0 radical (unpaired) electrons. The average Bonchev–Trinajstić information content (AvgIpc) is 3.47. The Hall–Kier alpha value is -1.85. The van der Waals surface area contributed by atoms with Gasteiger partial charge in [0.05, 0.1) is 24.8 Å². The lowest BCUT2D eigenvalue weighted by atomic mass is 9.43. The summed E-state index contributed by atoms with van der Waals surface area (Å²) in [5.74, 6) is 9.40. The van der Waals surface area contributed by atoms with E-state index in [1.807, 2.05) is 12.1 Å². The quantitative estimate of drug-likeness (QED) is 0.489. The first kappa shape index (κ1) is 24.5. The van der Waals surface area contributed by atoms with E-state index in [0.717, 1.165) is 55.8 Å². The van der Waals surface area contributed by atoms with Crippen LogP contribution in [0.3, 0.4) is 0 Å². The van der Waals surface area contributed by atoms with E-state index in [9.17, 15) is 5.11 Å². The van der Waals surface area contributed by atoms with Crippen molar-refractivity contribution in [1.29, 1.82) is 5.26 Å². The van der Waals surface area contributed by atoms with Crippen molar-refractivity contribution in [3.63, 3.8) is 0 Å². The number of rotatable bonds is 1. The van der Waals surface area contributed by atoms with Crippen LogP contribution in [0, 0.1) is 63.6 Å². The number of fused-ring (bicyclic) bond motifs is 5. The topological polar surface area (TPSA) is 62.5 Å². The molecular formula is C32H41NO3. The highest BCUT2D eigenvalue weighted by molar-refractivity contribution is 5.41. The summed E-state index contributed by atoms with van der Waals surface area (Å²) in [4.78, 5) is 0. The summed E-state index contributed by atoms with van der Waals surface area (Å²) in [6, 6.07) is 9.49. The van der Waals surface area contributed by atoms with Crippen LogP contribution in [-0.2, 0) is 9.47 Å². The summed E-state index contributed by atoms with van der Waals surface area (Å²) in [7, 11) is 0. The molecule has 1 heterocycles. The minimum absolute atomic E-state index is 0.301. The number of nitrogens with zero attached hydrogens (tertiary/aromatic N) is 1. The monoisotopic (exact) mass is 487 g/mol. The number of benzene rings is 1. The molecule has 0 aromatic heterocycles. The second-order valence-electron chi connectivity index (χ2n) is 13.2. The number of hydrogen-bond donors (Lipinski definition) is 1. The van der Waals surface area contributed by atoms with Gasteiger partial charge in [-0.3, -0.25) is 0 Å². The zero-order chi connectivity index (χ0) is 25.2. The van der Waals surface area contributed by atoms with E-state index in [2.05, 4.69) is 38.7 Å². The zero-order valence-electron chi connectivity index (χ0n) is 22.2. The molecule has 1 saturated heterocycles. The molecular weight excluding hydrogens is 446 g/mol. The fraction of sp³-hybridized carbons (Fsp3) is 0.719. The molecule has 0 amide bonds. The van der Waals surface area contributed by atoms with Gasteiger partial charge < -0.3 is 14.6 Å². The Morgan fingerprint density at radius 2 is 1.53 bits per heavy atom. The highest BCUT2D eigenvalue weighted by atomic mass is 16.7. The summed E-state index contributed by atoms with van der Waals surface area (Å²) >= 11 is 0. The van der Waals surface area contributed by atoms with Gasteiger partial charge in [0.25, 0.3) is 0 Å². The van der Waals surface area contributed by atoms with E-state index in [0.29, 0.717) is 28.2 Å². The van der Waals surface area contributed by atoms with Crippen LogP contribution in [-0.4, -0.2) is 29.7 Å². The normalized spacial score (nSPS) is 44.9. The maximum absolute atomic E-state index is 11.5. The van der Waals surface area contributed by atoms with Gasteiger partial charge in [0.15, 0.2) is 5.79 Å². The number of hydrogen-bond acceptors (Lipinski definition) is 4. The van der Waals surface area contributed by atoms with Crippen LogP contribution in [0.4, 0.5) is 0 Å². The lowest BCUT2D eigenvalue weighted by Crippen LogP contribution is -2.57. The minimum Gasteiger partial charge on any atom is -0.378 e. The highest BCUT2D eigenvalue weighted by Gasteiger charge is 2.64. The predicted molar refractivity (Wildman–Crippen MR) is 139 cm³/mol. The molecule has 4 aliphatic carbocycles. The molecule has 0 bridgehead atoms. The van der Waals surface area contributed by atoms with E-state index >= 15 is 0 Å². The Bertz CT molecular complexity index is 1100. The van der Waals surface area contributed by atoms with Gasteiger partial charge >= 0.3 is 0 Å². The Balaban J connectivity index is 1.19. The van der Waals surface area contributed by atoms with Crippen molar-refractivity contribution in [1.82, 2.24) is 0 Å². The van der Waals surface area contributed by atoms with Crippen molar-refractivity contribution in [2.24, 2.45) is 40.4 Å². The number of aliphatic hydroxyl groups is 1. The predicted octanol–water partition coefficient (Wildman–Crippen LogP) is 6.06. The Labute approximate surface area is 216 Å². The standard InChI is InChI=1S/C32H41NO3/c1-29-16-17-32(34,15-12-22-4-6-23(21-33)7-5-22)20-24(29)8-9-25-26-10-11-28(31(3)35-18-19-36-31)30(26,2)14-13-27(25)29/h4-7,24-28,34H,8-11,13-14,16-20H2,1-3H3/t24-,25+,26+,27+,28+,29+,30+,32-/m1/s1. The van der Waals surface area contributed by atoms with E-state index in [1.165, 1.54) is 38.5 Å². The molecule has 0 unspecified atom stereocenters. The third-order valence-electron chi connectivity index (χ3n) is 11.7. The van der Waals surface area contributed by atoms with Crippen LogP contribution in [0.1, 0.15) is 89.7 Å². The molecule has 5 aliphatic rings. The molecule has 5 fully saturated rings. The Morgan fingerprint density at radius 1 is 0.833 bits per heavy atom. The summed E-state index contributed by atoms with van der Waals surface area (Å²) < 4.78 is 12.4. The van der Waals surface area contributed by atoms with Gasteiger partial charge in [0.1, 0.15) is 5.60 Å². The Morgan fingerprint density at radius 3 is 2.25 bits per heavy atom. The fourth-order valence-corrected chi connectivity index (χ4v) is 9.77. The SMILES string of the molecule is CC1([C@H]2CC[C@H]3[C@@H]4CC[C@@H]5C[C@@](O)(C#Cc6ccc(C#N)cc6)CC[C@]5(C)[C@H]4CC[C@]23C)OCCO1. The second kappa shape index (κ2) is 8.59. The molecule has 192 valence electrons. The molecule has 1 aliphatic heterocycles. The molecule has 4 saturated carbocycles. The Kier molecular flexibility index (Phi) is 5.84. The van der Waals surface area contributed by atoms with Crippen molar-refractivity contribution in [3.8, 4) is 17.9 Å². The van der Waals surface area contributed by atoms with Crippen LogP contribution >= 0.6 is 0 Å². The molecule has 1 aromatic carbocycles. The smallest absolute Gasteiger partial charge is 0.169 e. The molecule has 0 spiro atoms. The van der Waals surface area contributed by atoms with Crippen molar-refractivity contribution in [2.75, 3.05) is 13.2 Å². The minimum atomic E-state index is -0.904. The van der Waals surface area contributed by atoms with Gasteiger partial charge in [-0.15, -0.1) is 0 Å². The van der Waals surface area contributed by atoms with Gasteiger partial charge in [-0.25, -0.2) is 0 Å². The zero-order valence-corrected chi connectivity index (χ0v) is 22.2. The second-order valence-corrected chi connectivity index (χ2v) is 13.2. The van der Waals surface area contributed by atoms with Gasteiger partial charge in [-0.05, 0) is 123 Å². The molecule has 1 N–H and O–H groups in total. The van der Waals surface area contributed by atoms with E-state index in [-0.39, 0.29) is 0 Å². The summed E-state index contributed by atoms with van der Waals surface area (Å²) in [5.41, 5.74) is 1.21. The van der Waals surface area contributed by atoms with Crippen LogP contribution < -0.4 is 0 Å². The van der Waals surface area contributed by atoms with Gasteiger partial charge in [0.2, 0.25) is 0 Å². The lowest BCUT2D eigenvalue weighted by Gasteiger charge is -2.62. The van der Waals surface area contributed by atoms with E-state index < -0.39 is 11.4 Å². The van der Waals surface area contributed by atoms with E-state index in [1.54, 1.807) is 12.1 Å². The first-order valence-corrected chi connectivity index (χ1v) is 14.2. The molecule has 4 heteroatoms. The molecule has 1 aromatic rings. The third kappa shape index (κ3) is 3.75. The largest absolute Gasteiger partial charge is 0.378 e. The van der Waals surface area contributed by atoms with Crippen molar-refractivity contribution in [3.05, 3.63) is 35.4 Å².